The van der Waals surface area contributed by atoms with Gasteiger partial charge in [-0.1, -0.05) is 11.6 Å². The molecule has 0 aliphatic carbocycles. The molecule has 0 bridgehead atoms. The highest BCUT2D eigenvalue weighted by Gasteiger charge is 2.27. The fraction of sp³-hybridized carbons (Fsp3) is 0.316. The normalized spacial score (nSPS) is 11.3. The van der Waals surface area contributed by atoms with Gasteiger partial charge >= 0.3 is 0 Å². The van der Waals surface area contributed by atoms with Gasteiger partial charge in [-0.3, -0.25) is 9.10 Å². The molecule has 1 N–H and O–H groups in total. The van der Waals surface area contributed by atoms with E-state index >= 15 is 0 Å². The van der Waals surface area contributed by atoms with Crippen molar-refractivity contribution in [2.24, 2.45) is 0 Å². The van der Waals surface area contributed by atoms with Gasteiger partial charge < -0.3 is 10.1 Å². The Morgan fingerprint density at radius 3 is 2.22 bits per heavy atom. The molecule has 2 aromatic carbocycles. The number of sulfonamides is 1. The summed E-state index contributed by atoms with van der Waals surface area (Å²) in [4.78, 5) is 12.3. The van der Waals surface area contributed by atoms with Crippen LogP contribution in [0, 0.1) is 0 Å². The second-order valence-electron chi connectivity index (χ2n) is 6.11. The van der Waals surface area contributed by atoms with Crippen molar-refractivity contribution in [3.63, 3.8) is 0 Å². The predicted molar refractivity (Wildman–Crippen MR) is 107 cm³/mol. The average Bonchev–Trinajstić information content (AvgIpc) is 2.60. The minimum Gasteiger partial charge on any atom is -0.494 e. The first-order chi connectivity index (χ1) is 12.7. The molecule has 2 aromatic rings. The van der Waals surface area contributed by atoms with Crippen molar-refractivity contribution in [2.75, 3.05) is 17.5 Å². The molecule has 0 fully saturated rings. The van der Waals surface area contributed by atoms with E-state index in [1.165, 1.54) is 24.3 Å². The van der Waals surface area contributed by atoms with Crippen molar-refractivity contribution in [1.82, 2.24) is 5.32 Å². The number of ether oxygens (including phenoxy) is 1. The summed E-state index contributed by atoms with van der Waals surface area (Å²) in [6.45, 7) is 5.65. The number of halogens is 1. The van der Waals surface area contributed by atoms with E-state index in [2.05, 4.69) is 5.32 Å². The van der Waals surface area contributed by atoms with Crippen LogP contribution in [-0.2, 0) is 14.8 Å². The SMILES string of the molecule is CCOc1ccc(N(CC(=O)NC(C)C)S(=O)(=O)c2ccc(Cl)cc2)cc1. The summed E-state index contributed by atoms with van der Waals surface area (Å²) >= 11 is 5.86. The summed E-state index contributed by atoms with van der Waals surface area (Å²) in [5.41, 5.74) is 0.368. The van der Waals surface area contributed by atoms with E-state index in [-0.39, 0.29) is 17.5 Å². The first-order valence-corrected chi connectivity index (χ1v) is 10.4. The van der Waals surface area contributed by atoms with E-state index < -0.39 is 15.9 Å². The second-order valence-corrected chi connectivity index (χ2v) is 8.41. The minimum absolute atomic E-state index is 0.0538. The smallest absolute Gasteiger partial charge is 0.264 e. The molecule has 27 heavy (non-hydrogen) atoms. The van der Waals surface area contributed by atoms with E-state index in [1.807, 2.05) is 20.8 Å². The average molecular weight is 411 g/mol. The summed E-state index contributed by atoms with van der Waals surface area (Å²) in [7, 11) is -3.95. The third kappa shape index (κ3) is 5.61. The molecule has 0 aliphatic heterocycles. The fourth-order valence-electron chi connectivity index (χ4n) is 2.42. The molecule has 0 unspecified atom stereocenters. The second kappa shape index (κ2) is 9.10. The Morgan fingerprint density at radius 1 is 1.11 bits per heavy atom. The Labute approximate surface area is 165 Å². The third-order valence-electron chi connectivity index (χ3n) is 3.57. The van der Waals surface area contributed by atoms with Gasteiger partial charge in [0.15, 0.2) is 0 Å². The van der Waals surface area contributed by atoms with Gasteiger partial charge in [0.05, 0.1) is 17.2 Å². The van der Waals surface area contributed by atoms with Crippen molar-refractivity contribution < 1.29 is 17.9 Å². The molecule has 0 heterocycles. The van der Waals surface area contributed by atoms with Crippen molar-refractivity contribution in [2.45, 2.75) is 31.7 Å². The van der Waals surface area contributed by atoms with Crippen LogP contribution in [0.4, 0.5) is 5.69 Å². The Bertz CT molecular complexity index is 866. The van der Waals surface area contributed by atoms with Crippen LogP contribution in [0.2, 0.25) is 5.02 Å². The summed E-state index contributed by atoms with van der Waals surface area (Å²) in [6.07, 6.45) is 0. The highest BCUT2D eigenvalue weighted by Crippen LogP contribution is 2.26. The number of hydrogen-bond donors (Lipinski definition) is 1. The third-order valence-corrected chi connectivity index (χ3v) is 5.61. The van der Waals surface area contributed by atoms with E-state index in [1.54, 1.807) is 24.3 Å². The summed E-state index contributed by atoms with van der Waals surface area (Å²) in [5, 5.41) is 3.15. The summed E-state index contributed by atoms with van der Waals surface area (Å²) < 4.78 is 32.8. The number of nitrogens with one attached hydrogen (secondary N) is 1. The van der Waals surface area contributed by atoms with Crippen molar-refractivity contribution in [3.05, 3.63) is 53.6 Å². The lowest BCUT2D eigenvalue weighted by atomic mass is 10.3. The largest absolute Gasteiger partial charge is 0.494 e. The summed E-state index contributed by atoms with van der Waals surface area (Å²) in [6, 6.07) is 12.3. The molecular formula is C19H23ClN2O4S. The number of carbonyl (C=O) groups is 1. The number of nitrogens with zero attached hydrogens (tertiary/aromatic N) is 1. The van der Waals surface area contributed by atoms with Gasteiger partial charge in [0, 0.05) is 11.1 Å². The molecule has 0 radical (unpaired) electrons. The Morgan fingerprint density at radius 2 is 1.70 bits per heavy atom. The lowest BCUT2D eigenvalue weighted by Crippen LogP contribution is -2.42. The molecule has 0 aliphatic rings. The van der Waals surface area contributed by atoms with Crippen molar-refractivity contribution in [1.29, 1.82) is 0 Å². The van der Waals surface area contributed by atoms with Gasteiger partial charge in [-0.15, -0.1) is 0 Å². The maximum atomic E-state index is 13.1. The van der Waals surface area contributed by atoms with E-state index in [4.69, 9.17) is 16.3 Å². The zero-order chi connectivity index (χ0) is 20.0. The van der Waals surface area contributed by atoms with E-state index in [9.17, 15) is 13.2 Å². The predicted octanol–water partition coefficient (Wildman–Crippen LogP) is 3.46. The van der Waals surface area contributed by atoms with Gasteiger partial charge in [-0.2, -0.15) is 0 Å². The number of rotatable bonds is 8. The highest BCUT2D eigenvalue weighted by atomic mass is 35.5. The molecule has 0 atom stereocenters. The van der Waals surface area contributed by atoms with Crippen molar-refractivity contribution >= 4 is 33.2 Å². The number of benzene rings is 2. The fourth-order valence-corrected chi connectivity index (χ4v) is 3.97. The summed E-state index contributed by atoms with van der Waals surface area (Å²) in [5.74, 6) is 0.230. The van der Waals surface area contributed by atoms with Gasteiger partial charge in [0.2, 0.25) is 5.91 Å². The van der Waals surface area contributed by atoms with Crippen molar-refractivity contribution in [3.8, 4) is 5.75 Å². The molecule has 0 aromatic heterocycles. The zero-order valence-electron chi connectivity index (χ0n) is 15.5. The standard InChI is InChI=1S/C19H23ClN2O4S/c1-4-26-17-9-7-16(8-10-17)22(13-19(23)21-14(2)3)27(24,25)18-11-5-15(20)6-12-18/h5-12,14H,4,13H2,1-3H3,(H,21,23). The molecule has 2 rings (SSSR count). The van der Waals surface area contributed by atoms with E-state index in [0.717, 1.165) is 4.31 Å². The lowest BCUT2D eigenvalue weighted by Gasteiger charge is -2.25. The molecule has 146 valence electrons. The maximum absolute atomic E-state index is 13.1. The van der Waals surface area contributed by atoms with Crippen LogP contribution in [0.25, 0.3) is 0 Å². The van der Waals surface area contributed by atoms with E-state index in [0.29, 0.717) is 23.1 Å². The maximum Gasteiger partial charge on any atom is 0.264 e. The Kier molecular flexibility index (Phi) is 7.10. The monoisotopic (exact) mass is 410 g/mol. The van der Waals surface area contributed by atoms with Crippen LogP contribution in [-0.4, -0.2) is 33.5 Å². The highest BCUT2D eigenvalue weighted by molar-refractivity contribution is 7.92. The Balaban J connectivity index is 2.42. The lowest BCUT2D eigenvalue weighted by molar-refractivity contribution is -0.120. The van der Waals surface area contributed by atoms with Crippen LogP contribution < -0.4 is 14.4 Å². The topological polar surface area (TPSA) is 75.7 Å². The molecule has 8 heteroatoms. The first kappa shape index (κ1) is 21.1. The number of carbonyl (C=O) groups excluding carboxylic acids is 1. The molecule has 1 amide bonds. The Hall–Kier alpha value is -2.25. The number of hydrogen-bond acceptors (Lipinski definition) is 4. The quantitative estimate of drug-likeness (QED) is 0.723. The van der Waals surface area contributed by atoms with Gasteiger partial charge in [-0.25, -0.2) is 8.42 Å². The minimum atomic E-state index is -3.95. The van der Waals surface area contributed by atoms with Crippen LogP contribution in [0.3, 0.4) is 0 Å². The van der Waals surface area contributed by atoms with Gasteiger partial charge in [0.25, 0.3) is 10.0 Å². The first-order valence-electron chi connectivity index (χ1n) is 8.54. The van der Waals surface area contributed by atoms with Crippen LogP contribution in [0.5, 0.6) is 5.75 Å². The molecule has 0 saturated carbocycles. The van der Waals surface area contributed by atoms with Gasteiger partial charge in [0.1, 0.15) is 12.3 Å². The molecule has 0 saturated heterocycles. The van der Waals surface area contributed by atoms with Gasteiger partial charge in [-0.05, 0) is 69.3 Å². The number of anilines is 1. The van der Waals surface area contributed by atoms with Crippen LogP contribution >= 0.6 is 11.6 Å². The number of amides is 1. The zero-order valence-corrected chi connectivity index (χ0v) is 17.0. The molecule has 0 spiro atoms. The molecular weight excluding hydrogens is 388 g/mol. The van der Waals surface area contributed by atoms with Crippen LogP contribution in [0.15, 0.2) is 53.4 Å². The molecule has 6 nitrogen and oxygen atoms in total. The van der Waals surface area contributed by atoms with Crippen LogP contribution in [0.1, 0.15) is 20.8 Å².